The van der Waals surface area contributed by atoms with E-state index in [9.17, 15) is 13.2 Å². The van der Waals surface area contributed by atoms with Crippen molar-refractivity contribution < 1.29 is 22.7 Å². The van der Waals surface area contributed by atoms with E-state index < -0.39 is 22.5 Å². The fourth-order valence-corrected chi connectivity index (χ4v) is 4.72. The van der Waals surface area contributed by atoms with Gasteiger partial charge in [-0.25, -0.2) is 13.8 Å². The van der Waals surface area contributed by atoms with Crippen molar-refractivity contribution in [2.75, 3.05) is 17.6 Å². The lowest BCUT2D eigenvalue weighted by Crippen LogP contribution is -2.39. The van der Waals surface area contributed by atoms with Crippen molar-refractivity contribution in [2.24, 2.45) is 5.10 Å². The number of hydrazone groups is 1. The van der Waals surface area contributed by atoms with Gasteiger partial charge in [-0.2, -0.15) is 5.10 Å². The maximum absolute atomic E-state index is 13.3. The molecule has 3 aromatic rings. The summed E-state index contributed by atoms with van der Waals surface area (Å²) in [6, 6.07) is 17.9. The molecule has 4 rings (SSSR count). The molecule has 0 spiro atoms. The van der Waals surface area contributed by atoms with Crippen molar-refractivity contribution in [3.63, 3.8) is 0 Å². The molecule has 1 heterocycles. The highest BCUT2D eigenvalue weighted by Crippen LogP contribution is 2.32. The van der Waals surface area contributed by atoms with Crippen molar-refractivity contribution in [1.82, 2.24) is 5.43 Å². The van der Waals surface area contributed by atoms with Gasteiger partial charge in [0.2, 0.25) is 6.79 Å². The van der Waals surface area contributed by atoms with E-state index in [2.05, 4.69) is 10.5 Å². The summed E-state index contributed by atoms with van der Waals surface area (Å²) in [5.74, 6) is 0.597. The van der Waals surface area contributed by atoms with E-state index in [0.29, 0.717) is 22.1 Å². The van der Waals surface area contributed by atoms with E-state index >= 15 is 0 Å². The molecular formula is C23H20ClN3O5S. The zero-order valence-corrected chi connectivity index (χ0v) is 19.1. The number of rotatable bonds is 7. The summed E-state index contributed by atoms with van der Waals surface area (Å²) in [7, 11) is -4.03. The van der Waals surface area contributed by atoms with Crippen LogP contribution < -0.4 is 19.2 Å². The first kappa shape index (κ1) is 22.6. The highest BCUT2D eigenvalue weighted by Gasteiger charge is 2.27. The summed E-state index contributed by atoms with van der Waals surface area (Å²) in [6.07, 6.45) is 1.43. The number of amides is 1. The highest BCUT2D eigenvalue weighted by atomic mass is 35.5. The predicted octanol–water partition coefficient (Wildman–Crippen LogP) is 3.72. The number of nitrogens with zero attached hydrogens (tertiary/aromatic N) is 2. The average Bonchev–Trinajstić information content (AvgIpc) is 3.28. The van der Waals surface area contributed by atoms with Crippen molar-refractivity contribution in [1.29, 1.82) is 0 Å². The van der Waals surface area contributed by atoms with Crippen LogP contribution in [0.15, 0.2) is 76.7 Å². The second kappa shape index (κ2) is 9.51. The number of benzene rings is 3. The van der Waals surface area contributed by atoms with Gasteiger partial charge in [0.05, 0.1) is 16.8 Å². The summed E-state index contributed by atoms with van der Waals surface area (Å²) in [5, 5.41) is 4.32. The molecule has 0 fully saturated rings. The Balaban J connectivity index is 1.54. The number of carbonyl (C=O) groups is 1. The number of nitrogens with one attached hydrogen (secondary N) is 1. The van der Waals surface area contributed by atoms with E-state index in [-0.39, 0.29) is 17.4 Å². The molecule has 0 unspecified atom stereocenters. The van der Waals surface area contributed by atoms with Crippen molar-refractivity contribution in [2.45, 2.75) is 11.8 Å². The topological polar surface area (TPSA) is 97.3 Å². The Morgan fingerprint density at radius 3 is 2.61 bits per heavy atom. The standard InChI is InChI=1S/C23H20ClN3O5S/c1-16-7-9-18(12-20(16)24)27(33(29,30)19-5-3-2-4-6-19)14-23(28)26-25-13-17-8-10-21-22(11-17)32-15-31-21/h2-13H,14-15H2,1H3,(H,26,28)/b25-13-. The van der Waals surface area contributed by atoms with Crippen LogP contribution in [0.1, 0.15) is 11.1 Å². The van der Waals surface area contributed by atoms with Gasteiger partial charge in [-0.3, -0.25) is 9.10 Å². The van der Waals surface area contributed by atoms with E-state index in [0.717, 1.165) is 9.87 Å². The van der Waals surface area contributed by atoms with Crippen molar-refractivity contribution in [3.8, 4) is 11.5 Å². The SMILES string of the molecule is Cc1ccc(N(CC(=O)N/N=C\c2ccc3c(c2)OCO3)S(=O)(=O)c2ccccc2)cc1Cl. The molecule has 0 bridgehead atoms. The molecule has 0 radical (unpaired) electrons. The number of fused-ring (bicyclic) bond motifs is 1. The van der Waals surface area contributed by atoms with E-state index in [1.54, 1.807) is 55.5 Å². The lowest BCUT2D eigenvalue weighted by atomic mass is 10.2. The number of carbonyl (C=O) groups excluding carboxylic acids is 1. The molecule has 33 heavy (non-hydrogen) atoms. The number of aryl methyl sites for hydroxylation is 1. The van der Waals surface area contributed by atoms with Gasteiger partial charge in [0.1, 0.15) is 6.54 Å². The Kier molecular flexibility index (Phi) is 6.52. The number of sulfonamides is 1. The number of hydrogen-bond donors (Lipinski definition) is 1. The minimum absolute atomic E-state index is 0.0540. The molecule has 10 heteroatoms. The van der Waals surface area contributed by atoms with Crippen LogP contribution >= 0.6 is 11.6 Å². The number of anilines is 1. The van der Waals surface area contributed by atoms with Gasteiger partial charge in [0, 0.05) is 5.02 Å². The second-order valence-electron chi connectivity index (χ2n) is 7.16. The Labute approximate surface area is 196 Å². The summed E-state index contributed by atoms with van der Waals surface area (Å²) in [4.78, 5) is 12.7. The Morgan fingerprint density at radius 1 is 1.09 bits per heavy atom. The average molecular weight is 486 g/mol. The van der Waals surface area contributed by atoms with Crippen LogP contribution in [0.25, 0.3) is 0 Å². The minimum Gasteiger partial charge on any atom is -0.454 e. The molecular weight excluding hydrogens is 466 g/mol. The third-order valence-electron chi connectivity index (χ3n) is 4.86. The van der Waals surface area contributed by atoms with Crippen molar-refractivity contribution in [3.05, 3.63) is 82.9 Å². The molecule has 1 aliphatic rings. The minimum atomic E-state index is -4.03. The quantitative estimate of drug-likeness (QED) is 0.406. The first-order valence-electron chi connectivity index (χ1n) is 9.90. The van der Waals surface area contributed by atoms with E-state index in [1.165, 1.54) is 24.4 Å². The highest BCUT2D eigenvalue weighted by molar-refractivity contribution is 7.92. The van der Waals surface area contributed by atoms with Gasteiger partial charge in [-0.15, -0.1) is 0 Å². The molecule has 170 valence electrons. The molecule has 8 nitrogen and oxygen atoms in total. The van der Waals surface area contributed by atoms with Gasteiger partial charge in [0.15, 0.2) is 11.5 Å². The smallest absolute Gasteiger partial charge is 0.264 e. The molecule has 1 amide bonds. The van der Waals surface area contributed by atoms with E-state index in [4.69, 9.17) is 21.1 Å². The van der Waals surface area contributed by atoms with Gasteiger partial charge < -0.3 is 9.47 Å². The fraction of sp³-hybridized carbons (Fsp3) is 0.130. The summed E-state index contributed by atoms with van der Waals surface area (Å²) < 4.78 is 38.2. The van der Waals surface area contributed by atoms with Crippen LogP contribution in [0.5, 0.6) is 11.5 Å². The number of halogens is 1. The van der Waals surface area contributed by atoms with E-state index in [1.807, 2.05) is 0 Å². The second-order valence-corrected chi connectivity index (χ2v) is 9.43. The molecule has 0 aromatic heterocycles. The molecule has 0 aliphatic carbocycles. The normalized spacial score (nSPS) is 12.7. The van der Waals surface area contributed by atoms with Gasteiger partial charge in [-0.05, 0) is 60.5 Å². The Morgan fingerprint density at radius 2 is 1.85 bits per heavy atom. The largest absolute Gasteiger partial charge is 0.454 e. The van der Waals surface area contributed by atoms with Crippen LogP contribution in [0.3, 0.4) is 0 Å². The lowest BCUT2D eigenvalue weighted by Gasteiger charge is -2.24. The van der Waals surface area contributed by atoms with Crippen LogP contribution in [0, 0.1) is 6.92 Å². The maximum atomic E-state index is 13.3. The fourth-order valence-electron chi connectivity index (χ4n) is 3.11. The Hall–Kier alpha value is -3.56. The van der Waals surface area contributed by atoms with Crippen LogP contribution in [0.4, 0.5) is 5.69 Å². The summed E-state index contributed by atoms with van der Waals surface area (Å²) in [6.45, 7) is 1.47. The molecule has 3 aromatic carbocycles. The van der Waals surface area contributed by atoms with Crippen LogP contribution in [-0.4, -0.2) is 33.9 Å². The third-order valence-corrected chi connectivity index (χ3v) is 7.06. The molecule has 1 aliphatic heterocycles. The zero-order chi connectivity index (χ0) is 23.4. The zero-order valence-electron chi connectivity index (χ0n) is 17.6. The molecule has 0 saturated carbocycles. The van der Waals surface area contributed by atoms with Crippen LogP contribution in [0.2, 0.25) is 5.02 Å². The monoisotopic (exact) mass is 485 g/mol. The summed E-state index contributed by atoms with van der Waals surface area (Å²) in [5.41, 5.74) is 4.10. The first-order valence-corrected chi connectivity index (χ1v) is 11.7. The molecule has 0 saturated heterocycles. The maximum Gasteiger partial charge on any atom is 0.264 e. The number of hydrogen-bond acceptors (Lipinski definition) is 6. The third kappa shape index (κ3) is 5.10. The van der Waals surface area contributed by atoms with Crippen LogP contribution in [-0.2, 0) is 14.8 Å². The van der Waals surface area contributed by atoms with Gasteiger partial charge >= 0.3 is 0 Å². The Bertz CT molecular complexity index is 1310. The lowest BCUT2D eigenvalue weighted by molar-refractivity contribution is -0.119. The van der Waals surface area contributed by atoms with Gasteiger partial charge in [0.25, 0.3) is 15.9 Å². The first-order chi connectivity index (χ1) is 15.8. The molecule has 1 N–H and O–H groups in total. The van der Waals surface area contributed by atoms with Gasteiger partial charge in [-0.1, -0.05) is 35.9 Å². The van der Waals surface area contributed by atoms with Crippen molar-refractivity contribution >= 4 is 39.4 Å². The number of ether oxygens (including phenoxy) is 2. The molecule has 0 atom stereocenters. The predicted molar refractivity (Wildman–Crippen MR) is 125 cm³/mol. The summed E-state index contributed by atoms with van der Waals surface area (Å²) >= 11 is 6.22.